The zero-order valence-corrected chi connectivity index (χ0v) is 10.2. The second-order valence-electron chi connectivity index (χ2n) is 5.23. The summed E-state index contributed by atoms with van der Waals surface area (Å²) < 4.78 is 19.9. The van der Waals surface area contributed by atoms with E-state index in [0.717, 1.165) is 49.1 Å². The molecule has 0 bridgehead atoms. The molecule has 2 aliphatic rings. The standard InChI is InChI=1S/C14H18FNO/c1-14(7-3-8-16-14)12-11(15)6-5-10-4-2-9-17-13(10)12/h5-6,16H,2-4,7-9H2,1H3. The predicted octanol–water partition coefficient (Wildman–Crippen LogP) is 2.75. The number of benzene rings is 1. The quantitative estimate of drug-likeness (QED) is 0.808. The van der Waals surface area contributed by atoms with Crippen molar-refractivity contribution in [1.29, 1.82) is 0 Å². The highest BCUT2D eigenvalue weighted by Crippen LogP contribution is 2.41. The molecule has 0 aliphatic carbocycles. The van der Waals surface area contributed by atoms with E-state index in [9.17, 15) is 4.39 Å². The van der Waals surface area contributed by atoms with E-state index in [0.29, 0.717) is 6.61 Å². The van der Waals surface area contributed by atoms with E-state index in [2.05, 4.69) is 12.2 Å². The Kier molecular flexibility index (Phi) is 2.58. The number of rotatable bonds is 1. The van der Waals surface area contributed by atoms with Crippen molar-refractivity contribution in [2.75, 3.05) is 13.2 Å². The van der Waals surface area contributed by atoms with E-state index >= 15 is 0 Å². The van der Waals surface area contributed by atoms with Gasteiger partial charge in [-0.15, -0.1) is 0 Å². The molecule has 0 spiro atoms. The molecule has 1 saturated heterocycles. The number of hydrogen-bond donors (Lipinski definition) is 1. The van der Waals surface area contributed by atoms with Gasteiger partial charge >= 0.3 is 0 Å². The lowest BCUT2D eigenvalue weighted by molar-refractivity contribution is 0.270. The summed E-state index contributed by atoms with van der Waals surface area (Å²) in [6.45, 7) is 3.75. The zero-order chi connectivity index (χ0) is 11.9. The largest absolute Gasteiger partial charge is 0.493 e. The second-order valence-corrected chi connectivity index (χ2v) is 5.23. The molecule has 1 N–H and O–H groups in total. The summed E-state index contributed by atoms with van der Waals surface area (Å²) in [6, 6.07) is 3.46. The van der Waals surface area contributed by atoms with Gasteiger partial charge in [0.05, 0.1) is 6.61 Å². The van der Waals surface area contributed by atoms with E-state index in [1.807, 2.05) is 6.07 Å². The van der Waals surface area contributed by atoms with E-state index in [1.54, 1.807) is 6.07 Å². The van der Waals surface area contributed by atoms with E-state index in [4.69, 9.17) is 4.74 Å². The molecule has 2 heterocycles. The topological polar surface area (TPSA) is 21.3 Å². The normalized spacial score (nSPS) is 27.6. The molecule has 0 radical (unpaired) electrons. The Hall–Kier alpha value is -1.09. The summed E-state index contributed by atoms with van der Waals surface area (Å²) in [7, 11) is 0. The Bertz CT molecular complexity index is 438. The first kappa shape index (κ1) is 11.0. The van der Waals surface area contributed by atoms with Crippen LogP contribution >= 0.6 is 0 Å². The molecule has 1 aromatic carbocycles. The van der Waals surface area contributed by atoms with Crippen molar-refractivity contribution in [3.8, 4) is 5.75 Å². The molecule has 0 aromatic heterocycles. The minimum Gasteiger partial charge on any atom is -0.493 e. The first-order chi connectivity index (χ1) is 8.21. The maximum Gasteiger partial charge on any atom is 0.131 e. The van der Waals surface area contributed by atoms with Crippen LogP contribution in [0.5, 0.6) is 5.75 Å². The lowest BCUT2D eigenvalue weighted by Gasteiger charge is -2.30. The number of halogens is 1. The van der Waals surface area contributed by atoms with Gasteiger partial charge in [-0.25, -0.2) is 4.39 Å². The van der Waals surface area contributed by atoms with Crippen LogP contribution in [0.25, 0.3) is 0 Å². The molecule has 1 fully saturated rings. The minimum atomic E-state index is -0.257. The third-order valence-electron chi connectivity index (χ3n) is 3.95. The van der Waals surface area contributed by atoms with Crippen LogP contribution in [0.4, 0.5) is 4.39 Å². The monoisotopic (exact) mass is 235 g/mol. The highest BCUT2D eigenvalue weighted by molar-refractivity contribution is 5.47. The van der Waals surface area contributed by atoms with Crippen LogP contribution in [0.3, 0.4) is 0 Å². The van der Waals surface area contributed by atoms with Crippen LogP contribution in [0.2, 0.25) is 0 Å². The predicted molar refractivity (Wildman–Crippen MR) is 64.8 cm³/mol. The lowest BCUT2D eigenvalue weighted by Crippen LogP contribution is -2.35. The van der Waals surface area contributed by atoms with Gasteiger partial charge in [0.2, 0.25) is 0 Å². The Morgan fingerprint density at radius 2 is 2.24 bits per heavy atom. The fourth-order valence-electron chi connectivity index (χ4n) is 3.02. The lowest BCUT2D eigenvalue weighted by atomic mass is 9.86. The third kappa shape index (κ3) is 1.73. The van der Waals surface area contributed by atoms with Crippen LogP contribution in [-0.4, -0.2) is 13.2 Å². The third-order valence-corrected chi connectivity index (χ3v) is 3.95. The molecule has 2 aliphatic heterocycles. The van der Waals surface area contributed by atoms with Gasteiger partial charge in [0.1, 0.15) is 11.6 Å². The van der Waals surface area contributed by atoms with Crippen LogP contribution in [-0.2, 0) is 12.0 Å². The molecule has 3 heteroatoms. The average Bonchev–Trinajstić information content (AvgIpc) is 2.76. The summed E-state index contributed by atoms with van der Waals surface area (Å²) in [5, 5.41) is 3.42. The van der Waals surface area contributed by atoms with Gasteiger partial charge in [-0.3, -0.25) is 0 Å². The maximum absolute atomic E-state index is 14.2. The van der Waals surface area contributed by atoms with Crippen molar-refractivity contribution < 1.29 is 9.13 Å². The van der Waals surface area contributed by atoms with Crippen LogP contribution in [0.15, 0.2) is 12.1 Å². The van der Waals surface area contributed by atoms with Crippen molar-refractivity contribution >= 4 is 0 Å². The molecular formula is C14H18FNO. The average molecular weight is 235 g/mol. The fourth-order valence-corrected chi connectivity index (χ4v) is 3.02. The van der Waals surface area contributed by atoms with E-state index in [-0.39, 0.29) is 11.4 Å². The minimum absolute atomic E-state index is 0.137. The molecule has 1 aromatic rings. The molecule has 0 saturated carbocycles. The number of aryl methyl sites for hydroxylation is 1. The number of ether oxygens (including phenoxy) is 1. The molecule has 3 rings (SSSR count). The van der Waals surface area contributed by atoms with Crippen LogP contribution < -0.4 is 10.1 Å². The molecule has 2 nitrogen and oxygen atoms in total. The van der Waals surface area contributed by atoms with Gasteiger partial charge in [-0.2, -0.15) is 0 Å². The Morgan fingerprint density at radius 3 is 3.00 bits per heavy atom. The first-order valence-corrected chi connectivity index (χ1v) is 6.40. The van der Waals surface area contributed by atoms with Crippen molar-refractivity contribution in [2.45, 2.75) is 38.1 Å². The van der Waals surface area contributed by atoms with Gasteiger partial charge in [-0.1, -0.05) is 6.07 Å². The van der Waals surface area contributed by atoms with Crippen LogP contribution in [0.1, 0.15) is 37.3 Å². The Balaban J connectivity index is 2.14. The number of nitrogens with one attached hydrogen (secondary N) is 1. The van der Waals surface area contributed by atoms with Crippen molar-refractivity contribution in [2.24, 2.45) is 0 Å². The van der Waals surface area contributed by atoms with Gasteiger partial charge in [0.25, 0.3) is 0 Å². The number of fused-ring (bicyclic) bond motifs is 1. The van der Waals surface area contributed by atoms with Gasteiger partial charge in [0.15, 0.2) is 0 Å². The second kappa shape index (κ2) is 3.98. The molecule has 0 amide bonds. The van der Waals surface area contributed by atoms with Gasteiger partial charge in [0, 0.05) is 11.1 Å². The van der Waals surface area contributed by atoms with Crippen LogP contribution in [0, 0.1) is 5.82 Å². The summed E-state index contributed by atoms with van der Waals surface area (Å²) in [5.41, 5.74) is 1.64. The molecule has 1 unspecified atom stereocenters. The summed E-state index contributed by atoms with van der Waals surface area (Å²) in [4.78, 5) is 0. The van der Waals surface area contributed by atoms with Crippen molar-refractivity contribution in [3.05, 3.63) is 29.1 Å². The van der Waals surface area contributed by atoms with Gasteiger partial charge in [-0.05, 0) is 50.8 Å². The fraction of sp³-hybridized carbons (Fsp3) is 0.571. The van der Waals surface area contributed by atoms with E-state index < -0.39 is 0 Å². The number of hydrogen-bond acceptors (Lipinski definition) is 2. The molecule has 92 valence electrons. The SMILES string of the molecule is CC1(c2c(F)ccc3c2OCCC3)CCCN1. The highest BCUT2D eigenvalue weighted by atomic mass is 19.1. The highest BCUT2D eigenvalue weighted by Gasteiger charge is 2.36. The smallest absolute Gasteiger partial charge is 0.131 e. The molecule has 1 atom stereocenters. The summed E-state index contributed by atoms with van der Waals surface area (Å²) in [6.07, 6.45) is 4.10. The van der Waals surface area contributed by atoms with Crippen molar-refractivity contribution in [1.82, 2.24) is 5.32 Å². The summed E-state index contributed by atoms with van der Waals surface area (Å²) in [5.74, 6) is 0.663. The summed E-state index contributed by atoms with van der Waals surface area (Å²) >= 11 is 0. The van der Waals surface area contributed by atoms with E-state index in [1.165, 1.54) is 0 Å². The van der Waals surface area contributed by atoms with Crippen molar-refractivity contribution in [3.63, 3.8) is 0 Å². The van der Waals surface area contributed by atoms with Gasteiger partial charge < -0.3 is 10.1 Å². The molecule has 17 heavy (non-hydrogen) atoms. The Morgan fingerprint density at radius 1 is 1.35 bits per heavy atom. The zero-order valence-electron chi connectivity index (χ0n) is 10.2. The maximum atomic E-state index is 14.2. The Labute approximate surface area is 101 Å². The first-order valence-electron chi connectivity index (χ1n) is 6.40. The molecular weight excluding hydrogens is 217 g/mol.